The summed E-state index contributed by atoms with van der Waals surface area (Å²) in [6.45, 7) is 0. The van der Waals surface area contributed by atoms with E-state index in [0.29, 0.717) is 5.76 Å². The van der Waals surface area contributed by atoms with Gasteiger partial charge in [0.1, 0.15) is 11.8 Å². The Hall–Kier alpha value is -0.120. The molecule has 0 bridgehead atoms. The highest BCUT2D eigenvalue weighted by Gasteiger charge is 2.13. The molecule has 0 aromatic rings. The number of rotatable bonds is 4. The second-order valence-electron chi connectivity index (χ2n) is 2.26. The number of alkyl halides is 1. The highest BCUT2D eigenvalue weighted by Crippen LogP contribution is 2.12. The molecule has 12 heavy (non-hydrogen) atoms. The van der Waals surface area contributed by atoms with Crippen LogP contribution >= 0.6 is 24.0 Å². The zero-order chi connectivity index (χ0) is 8.85. The molecule has 0 saturated carbocycles. The van der Waals surface area contributed by atoms with Gasteiger partial charge in [-0.1, -0.05) is 11.6 Å². The molecular weight excluding hydrogens is 201 g/mol. The lowest BCUT2D eigenvalue weighted by Gasteiger charge is -2.18. The summed E-state index contributed by atoms with van der Waals surface area (Å²) >= 11 is 5.91. The van der Waals surface area contributed by atoms with Crippen molar-refractivity contribution in [3.05, 3.63) is 12.0 Å². The van der Waals surface area contributed by atoms with E-state index < -0.39 is 0 Å². The Morgan fingerprint density at radius 1 is 1.42 bits per heavy atom. The van der Waals surface area contributed by atoms with Crippen LogP contribution in [-0.4, -0.2) is 38.7 Å². The summed E-state index contributed by atoms with van der Waals surface area (Å²) in [6.07, 6.45) is 1.48. The van der Waals surface area contributed by atoms with E-state index in [-0.39, 0.29) is 17.9 Å². The second-order valence-corrected chi connectivity index (χ2v) is 2.67. The van der Waals surface area contributed by atoms with Crippen molar-refractivity contribution in [3.63, 3.8) is 0 Å². The van der Waals surface area contributed by atoms with E-state index in [1.807, 2.05) is 19.0 Å². The monoisotopic (exact) mass is 215 g/mol. The van der Waals surface area contributed by atoms with Gasteiger partial charge in [0.2, 0.25) is 0 Å². The molecule has 0 rings (SSSR count). The quantitative estimate of drug-likeness (QED) is 0.405. The fourth-order valence-corrected chi connectivity index (χ4v) is 0.713. The lowest BCUT2D eigenvalue weighted by atomic mass is 10.5. The lowest BCUT2D eigenvalue weighted by Crippen LogP contribution is -2.25. The highest BCUT2D eigenvalue weighted by molar-refractivity contribution is 6.21. The number of nitrogens with zero attached hydrogens (tertiary/aromatic N) is 1. The van der Waals surface area contributed by atoms with Gasteiger partial charge in [-0.05, 0) is 14.1 Å². The van der Waals surface area contributed by atoms with Crippen LogP contribution in [0.1, 0.15) is 0 Å². The smallest absolute Gasteiger partial charge is 0.162 e. The van der Waals surface area contributed by atoms with Crippen LogP contribution in [0.2, 0.25) is 0 Å². The SMILES string of the molecule is CO/C=C(\OC)C(Cl)N(C)C.Cl. The van der Waals surface area contributed by atoms with Crippen molar-refractivity contribution < 1.29 is 9.47 Å². The molecule has 0 aliphatic rings. The molecule has 0 radical (unpaired) electrons. The standard InChI is InChI=1S/C7H14ClNO2.ClH/c1-9(2)7(8)6(11-4)5-10-3;/h5,7H,1-4H3;1H/b6-5-;. The molecule has 3 nitrogen and oxygen atoms in total. The number of methoxy groups -OCH3 is 2. The molecule has 74 valence electrons. The Balaban J connectivity index is 0. The van der Waals surface area contributed by atoms with Crippen LogP contribution in [-0.2, 0) is 9.47 Å². The number of likely N-dealkylation sites (N-methyl/N-ethyl adjacent to an activating group) is 1. The van der Waals surface area contributed by atoms with Gasteiger partial charge in [0.25, 0.3) is 0 Å². The molecule has 0 fully saturated rings. The van der Waals surface area contributed by atoms with Gasteiger partial charge in [-0.3, -0.25) is 4.90 Å². The van der Waals surface area contributed by atoms with E-state index in [2.05, 4.69) is 0 Å². The van der Waals surface area contributed by atoms with E-state index in [1.165, 1.54) is 6.26 Å². The number of halogens is 2. The van der Waals surface area contributed by atoms with Gasteiger partial charge in [0.15, 0.2) is 5.76 Å². The van der Waals surface area contributed by atoms with Crippen LogP contribution < -0.4 is 0 Å². The second kappa shape index (κ2) is 7.53. The molecule has 0 spiro atoms. The van der Waals surface area contributed by atoms with Gasteiger partial charge < -0.3 is 9.47 Å². The molecule has 0 N–H and O–H groups in total. The van der Waals surface area contributed by atoms with Crippen LogP contribution in [0.15, 0.2) is 12.0 Å². The summed E-state index contributed by atoms with van der Waals surface area (Å²) in [5.74, 6) is 0.596. The van der Waals surface area contributed by atoms with Crippen molar-refractivity contribution in [3.8, 4) is 0 Å². The van der Waals surface area contributed by atoms with Crippen molar-refractivity contribution in [2.24, 2.45) is 0 Å². The third-order valence-electron chi connectivity index (χ3n) is 1.16. The minimum atomic E-state index is -0.278. The first-order valence-electron chi connectivity index (χ1n) is 3.20. The molecule has 0 aliphatic carbocycles. The van der Waals surface area contributed by atoms with Crippen LogP contribution in [0.25, 0.3) is 0 Å². The van der Waals surface area contributed by atoms with Crippen LogP contribution in [0.5, 0.6) is 0 Å². The van der Waals surface area contributed by atoms with E-state index in [4.69, 9.17) is 21.1 Å². The molecule has 1 unspecified atom stereocenters. The van der Waals surface area contributed by atoms with Gasteiger partial charge in [-0.2, -0.15) is 0 Å². The summed E-state index contributed by atoms with van der Waals surface area (Å²) in [4.78, 5) is 1.82. The minimum absolute atomic E-state index is 0. The zero-order valence-electron chi connectivity index (χ0n) is 7.70. The Labute approximate surface area is 84.7 Å². The van der Waals surface area contributed by atoms with Crippen LogP contribution in [0.4, 0.5) is 0 Å². The molecule has 0 aromatic carbocycles. The topological polar surface area (TPSA) is 21.7 Å². The maximum absolute atomic E-state index is 5.91. The van der Waals surface area contributed by atoms with Gasteiger partial charge in [0.05, 0.1) is 14.2 Å². The zero-order valence-corrected chi connectivity index (χ0v) is 9.28. The molecule has 0 amide bonds. The molecule has 0 heterocycles. The fraction of sp³-hybridized carbons (Fsp3) is 0.714. The number of hydrogen-bond acceptors (Lipinski definition) is 3. The van der Waals surface area contributed by atoms with Crippen molar-refractivity contribution in [1.82, 2.24) is 4.90 Å². The predicted molar refractivity (Wildman–Crippen MR) is 52.7 cm³/mol. The van der Waals surface area contributed by atoms with Crippen LogP contribution in [0.3, 0.4) is 0 Å². The van der Waals surface area contributed by atoms with Crippen molar-refractivity contribution in [2.45, 2.75) is 5.50 Å². The van der Waals surface area contributed by atoms with E-state index in [9.17, 15) is 0 Å². The fourth-order valence-electron chi connectivity index (χ4n) is 0.572. The van der Waals surface area contributed by atoms with E-state index in [0.717, 1.165) is 0 Å². The minimum Gasteiger partial charge on any atom is -0.501 e. The van der Waals surface area contributed by atoms with Crippen molar-refractivity contribution in [2.75, 3.05) is 28.3 Å². The third-order valence-corrected chi connectivity index (χ3v) is 1.76. The number of hydrogen-bond donors (Lipinski definition) is 0. The Morgan fingerprint density at radius 2 is 1.92 bits per heavy atom. The maximum Gasteiger partial charge on any atom is 0.162 e. The van der Waals surface area contributed by atoms with Crippen molar-refractivity contribution >= 4 is 24.0 Å². The average Bonchev–Trinajstić information content (AvgIpc) is 1.98. The molecular formula is C7H15Cl2NO2. The first kappa shape index (κ1) is 14.4. The van der Waals surface area contributed by atoms with E-state index >= 15 is 0 Å². The first-order valence-corrected chi connectivity index (χ1v) is 3.64. The molecule has 0 saturated heterocycles. The molecule has 5 heteroatoms. The largest absolute Gasteiger partial charge is 0.501 e. The molecule has 0 aliphatic heterocycles. The highest BCUT2D eigenvalue weighted by atomic mass is 35.5. The number of ether oxygens (including phenoxy) is 2. The summed E-state index contributed by atoms with van der Waals surface area (Å²) in [5, 5.41) is 0. The average molecular weight is 216 g/mol. The third kappa shape index (κ3) is 4.70. The van der Waals surface area contributed by atoms with Crippen molar-refractivity contribution in [1.29, 1.82) is 0 Å². The molecule has 0 aromatic heterocycles. The Bertz CT molecular complexity index is 139. The maximum atomic E-state index is 5.91. The summed E-state index contributed by atoms with van der Waals surface area (Å²) in [7, 11) is 6.84. The summed E-state index contributed by atoms with van der Waals surface area (Å²) in [6, 6.07) is 0. The lowest BCUT2D eigenvalue weighted by molar-refractivity contribution is 0.206. The van der Waals surface area contributed by atoms with Gasteiger partial charge >= 0.3 is 0 Å². The molecule has 1 atom stereocenters. The normalized spacial score (nSPS) is 13.7. The van der Waals surface area contributed by atoms with Crippen LogP contribution in [0, 0.1) is 0 Å². The predicted octanol–water partition coefficient (Wildman–Crippen LogP) is 1.67. The Morgan fingerprint density at radius 3 is 2.17 bits per heavy atom. The Kier molecular flexibility index (Phi) is 9.03. The van der Waals surface area contributed by atoms with Gasteiger partial charge in [-0.25, -0.2) is 0 Å². The van der Waals surface area contributed by atoms with E-state index in [1.54, 1.807) is 14.2 Å². The summed E-state index contributed by atoms with van der Waals surface area (Å²) < 4.78 is 9.74. The summed E-state index contributed by atoms with van der Waals surface area (Å²) in [5.41, 5.74) is -0.278. The van der Waals surface area contributed by atoms with Gasteiger partial charge in [0, 0.05) is 0 Å². The first-order chi connectivity index (χ1) is 5.13. The van der Waals surface area contributed by atoms with Gasteiger partial charge in [-0.15, -0.1) is 12.4 Å².